The summed E-state index contributed by atoms with van der Waals surface area (Å²) in [6.45, 7) is 0. The van der Waals surface area contributed by atoms with Crippen LogP contribution in [0.5, 0.6) is 0 Å². The molecule has 208 valence electrons. The molecule has 0 saturated carbocycles. The summed E-state index contributed by atoms with van der Waals surface area (Å²) in [5.41, 5.74) is -3.01. The number of hydrogen-bond donors (Lipinski definition) is 0. The first-order chi connectivity index (χ1) is 16.4. The Morgan fingerprint density at radius 2 is 1.14 bits per heavy atom. The van der Waals surface area contributed by atoms with E-state index in [2.05, 4.69) is 4.98 Å². The minimum atomic E-state index is -8.03. The van der Waals surface area contributed by atoms with Crippen LogP contribution < -0.4 is 0 Å². The van der Waals surface area contributed by atoms with Gasteiger partial charge in [-0.25, -0.2) is 0 Å². The van der Waals surface area contributed by atoms with Crippen molar-refractivity contribution in [3.05, 3.63) is 53.7 Å². The van der Waals surface area contributed by atoms with Crippen molar-refractivity contribution in [2.45, 2.75) is 54.8 Å². The molecule has 0 N–H and O–H groups in total. The summed E-state index contributed by atoms with van der Waals surface area (Å²) in [7, 11) is 0. The molecular weight excluding hydrogens is 558 g/mol. The van der Waals surface area contributed by atoms with Crippen molar-refractivity contribution >= 4 is 0 Å². The highest BCUT2D eigenvalue weighted by molar-refractivity contribution is 5.65. The first-order valence-corrected chi connectivity index (χ1v) is 9.49. The molecule has 0 fully saturated rings. The van der Waals surface area contributed by atoms with Gasteiger partial charge in [-0.1, -0.05) is 12.1 Å². The number of rotatable bonds is 8. The molecule has 0 saturated heterocycles. The molecule has 0 aliphatic heterocycles. The molecule has 17 heteroatoms. The highest BCUT2D eigenvalue weighted by Gasteiger charge is 2.90. The molecule has 0 atom stereocenters. The lowest BCUT2D eigenvalue weighted by atomic mass is 9.89. The minimum Gasteiger partial charge on any atom is -0.256 e. The number of nitrogens with zero attached hydrogens (tertiary/aromatic N) is 1. The summed E-state index contributed by atoms with van der Waals surface area (Å²) in [5.74, 6) is -37.6. The van der Waals surface area contributed by atoms with E-state index in [9.17, 15) is 70.2 Å². The van der Waals surface area contributed by atoms with Crippen LogP contribution in [-0.2, 0) is 12.6 Å². The standard InChI is InChI=1S/C20H11F16N/c21-14(22,16(26,27)17(28,29)18(30,31)19(32,33)20(34,35)36)7-6-10-4-5-11(15(23,24)25)9-12(10)13-3-1-2-8-37-13/h1-5,8-9H,6-7H2. The third kappa shape index (κ3) is 5.17. The van der Waals surface area contributed by atoms with Gasteiger partial charge in [0.25, 0.3) is 0 Å². The molecule has 0 unspecified atom stereocenters. The van der Waals surface area contributed by atoms with Crippen LogP contribution in [0.2, 0.25) is 0 Å². The van der Waals surface area contributed by atoms with Crippen molar-refractivity contribution in [3.8, 4) is 11.3 Å². The van der Waals surface area contributed by atoms with E-state index >= 15 is 0 Å². The van der Waals surface area contributed by atoms with Crippen LogP contribution in [0.15, 0.2) is 42.6 Å². The third-order valence-electron chi connectivity index (χ3n) is 5.08. The lowest BCUT2D eigenvalue weighted by molar-refractivity contribution is -0.440. The monoisotopic (exact) mass is 569 g/mol. The Morgan fingerprint density at radius 1 is 0.595 bits per heavy atom. The van der Waals surface area contributed by atoms with Crippen LogP contribution in [0, 0.1) is 0 Å². The zero-order chi connectivity index (χ0) is 28.9. The maximum absolute atomic E-state index is 14.1. The third-order valence-corrected chi connectivity index (χ3v) is 5.08. The Labute approximate surface area is 196 Å². The van der Waals surface area contributed by atoms with Crippen LogP contribution in [0.4, 0.5) is 70.2 Å². The molecule has 1 heterocycles. The normalized spacial score (nSPS) is 14.7. The van der Waals surface area contributed by atoms with Crippen molar-refractivity contribution in [3.63, 3.8) is 0 Å². The van der Waals surface area contributed by atoms with Crippen LogP contribution >= 0.6 is 0 Å². The lowest BCUT2D eigenvalue weighted by Gasteiger charge is -2.39. The number of hydrogen-bond acceptors (Lipinski definition) is 1. The Kier molecular flexibility index (Phi) is 7.59. The highest BCUT2D eigenvalue weighted by Crippen LogP contribution is 2.60. The van der Waals surface area contributed by atoms with E-state index in [1.165, 1.54) is 12.1 Å². The van der Waals surface area contributed by atoms with Crippen molar-refractivity contribution in [2.24, 2.45) is 0 Å². The fourth-order valence-electron chi connectivity index (χ4n) is 2.98. The Bertz CT molecular complexity index is 1090. The number of halogens is 16. The number of aromatic nitrogens is 1. The second kappa shape index (κ2) is 9.22. The van der Waals surface area contributed by atoms with Gasteiger partial charge in [-0.2, -0.15) is 70.2 Å². The van der Waals surface area contributed by atoms with Crippen molar-refractivity contribution in [1.29, 1.82) is 0 Å². The van der Waals surface area contributed by atoms with E-state index in [-0.39, 0.29) is 11.8 Å². The van der Waals surface area contributed by atoms with Crippen molar-refractivity contribution in [1.82, 2.24) is 4.98 Å². The van der Waals surface area contributed by atoms with Gasteiger partial charge in [0.2, 0.25) is 0 Å². The van der Waals surface area contributed by atoms with Crippen LogP contribution in [0.3, 0.4) is 0 Å². The van der Waals surface area contributed by atoms with Gasteiger partial charge in [-0.05, 0) is 36.2 Å². The summed E-state index contributed by atoms with van der Waals surface area (Å²) < 4.78 is 211. The van der Waals surface area contributed by atoms with E-state index in [1.807, 2.05) is 0 Å². The summed E-state index contributed by atoms with van der Waals surface area (Å²) in [6.07, 6.45) is -15.6. The molecule has 1 aromatic heterocycles. The van der Waals surface area contributed by atoms with Gasteiger partial charge in [-0.3, -0.25) is 4.98 Å². The molecule has 0 radical (unpaired) electrons. The largest absolute Gasteiger partial charge is 0.460 e. The minimum absolute atomic E-state index is 0.282. The maximum Gasteiger partial charge on any atom is 0.460 e. The molecule has 0 bridgehead atoms. The second-order valence-corrected chi connectivity index (χ2v) is 7.58. The second-order valence-electron chi connectivity index (χ2n) is 7.58. The number of pyridine rings is 1. The van der Waals surface area contributed by atoms with Gasteiger partial charge in [0.15, 0.2) is 0 Å². The topological polar surface area (TPSA) is 12.9 Å². The van der Waals surface area contributed by atoms with Gasteiger partial charge in [0.05, 0.1) is 11.3 Å². The van der Waals surface area contributed by atoms with E-state index < -0.39 is 71.5 Å². The van der Waals surface area contributed by atoms with Crippen LogP contribution in [0.1, 0.15) is 17.5 Å². The molecule has 37 heavy (non-hydrogen) atoms. The predicted octanol–water partition coefficient (Wildman–Crippen LogP) is 8.44. The maximum atomic E-state index is 14.1. The van der Waals surface area contributed by atoms with Crippen LogP contribution in [0.25, 0.3) is 11.3 Å². The van der Waals surface area contributed by atoms with Crippen LogP contribution in [-0.4, -0.2) is 40.8 Å². The first-order valence-electron chi connectivity index (χ1n) is 9.49. The number of alkyl halides is 16. The van der Waals surface area contributed by atoms with E-state index in [0.29, 0.717) is 12.1 Å². The Balaban J connectivity index is 2.48. The molecule has 1 nitrogen and oxygen atoms in total. The summed E-state index contributed by atoms with van der Waals surface area (Å²) in [5, 5.41) is 0. The highest BCUT2D eigenvalue weighted by atomic mass is 19.4. The fraction of sp³-hybridized carbons (Fsp3) is 0.450. The van der Waals surface area contributed by atoms with Crippen molar-refractivity contribution in [2.75, 3.05) is 0 Å². The van der Waals surface area contributed by atoms with Gasteiger partial charge < -0.3 is 0 Å². The lowest BCUT2D eigenvalue weighted by Crippen LogP contribution is -2.70. The molecular formula is C20H11F16N. The van der Waals surface area contributed by atoms with E-state index in [4.69, 9.17) is 0 Å². The zero-order valence-electron chi connectivity index (χ0n) is 17.5. The predicted molar refractivity (Wildman–Crippen MR) is 93.8 cm³/mol. The van der Waals surface area contributed by atoms with E-state index in [0.717, 1.165) is 12.3 Å². The Morgan fingerprint density at radius 3 is 1.59 bits per heavy atom. The van der Waals surface area contributed by atoms with Gasteiger partial charge >= 0.3 is 42.0 Å². The molecule has 1 aromatic carbocycles. The quantitative estimate of drug-likeness (QED) is 0.291. The molecule has 0 aliphatic carbocycles. The summed E-state index contributed by atoms with van der Waals surface area (Å²) in [4.78, 5) is 3.64. The summed E-state index contributed by atoms with van der Waals surface area (Å²) >= 11 is 0. The molecule has 2 aromatic rings. The van der Waals surface area contributed by atoms with E-state index in [1.54, 1.807) is 0 Å². The average Bonchev–Trinajstić information content (AvgIpc) is 2.76. The zero-order valence-corrected chi connectivity index (χ0v) is 17.5. The van der Waals surface area contributed by atoms with Crippen molar-refractivity contribution < 1.29 is 70.2 Å². The molecule has 0 amide bonds. The molecule has 2 rings (SSSR count). The number of aryl methyl sites for hydroxylation is 1. The Hall–Kier alpha value is -2.75. The van der Waals surface area contributed by atoms with Gasteiger partial charge in [0.1, 0.15) is 0 Å². The summed E-state index contributed by atoms with van der Waals surface area (Å²) in [6, 6.07) is 4.60. The number of benzene rings is 1. The molecule has 0 spiro atoms. The average molecular weight is 569 g/mol. The first kappa shape index (κ1) is 30.5. The smallest absolute Gasteiger partial charge is 0.256 e. The van der Waals surface area contributed by atoms with Gasteiger partial charge in [0, 0.05) is 18.2 Å². The fourth-order valence-corrected chi connectivity index (χ4v) is 2.98. The van der Waals surface area contributed by atoms with Gasteiger partial charge in [-0.15, -0.1) is 0 Å². The SMILES string of the molecule is FC(F)(F)c1ccc(CCC(F)(F)C(F)(F)C(F)(F)C(F)(F)C(F)(F)C(F)(F)F)c(-c2ccccn2)c1. The molecule has 0 aliphatic rings.